The van der Waals surface area contributed by atoms with Crippen molar-refractivity contribution in [2.75, 3.05) is 0 Å². The molecule has 2 nitrogen and oxygen atoms in total. The normalized spacial score (nSPS) is 10.5. The highest BCUT2D eigenvalue weighted by Gasteiger charge is 2.33. The third-order valence-corrected chi connectivity index (χ3v) is 1.54. The lowest BCUT2D eigenvalue weighted by Gasteiger charge is -2.12. The van der Waals surface area contributed by atoms with Gasteiger partial charge in [-0.15, -0.1) is 13.2 Å². The molecule has 0 aliphatic heterocycles. The van der Waals surface area contributed by atoms with Crippen molar-refractivity contribution in [3.05, 3.63) is 42.0 Å². The van der Waals surface area contributed by atoms with Gasteiger partial charge in [0.15, 0.2) is 5.75 Å². The van der Waals surface area contributed by atoms with Crippen molar-refractivity contribution in [1.82, 2.24) is 0 Å². The lowest BCUT2D eigenvalue weighted by atomic mass is 10.1. The number of ether oxygens (including phenoxy) is 1. The lowest BCUT2D eigenvalue weighted by Crippen LogP contribution is -2.18. The Hall–Kier alpha value is -1.96. The summed E-state index contributed by atoms with van der Waals surface area (Å²) >= 11 is 0. The number of alkyl halides is 3. The molecule has 0 atom stereocenters. The zero-order chi connectivity index (χ0) is 11.5. The van der Waals surface area contributed by atoms with Crippen molar-refractivity contribution >= 4 is 0 Å². The third kappa shape index (κ3) is 2.74. The predicted molar refractivity (Wildman–Crippen MR) is 45.8 cm³/mol. The molecule has 0 unspecified atom stereocenters. The van der Waals surface area contributed by atoms with Crippen LogP contribution in [0, 0.1) is 17.4 Å². The van der Waals surface area contributed by atoms with E-state index in [4.69, 9.17) is 5.26 Å². The molecule has 1 aromatic carbocycles. The molecule has 0 heterocycles. The van der Waals surface area contributed by atoms with Gasteiger partial charge >= 0.3 is 6.36 Å². The molecule has 15 heavy (non-hydrogen) atoms. The van der Waals surface area contributed by atoms with Gasteiger partial charge in [-0.1, -0.05) is 18.7 Å². The van der Waals surface area contributed by atoms with E-state index in [1.54, 1.807) is 6.07 Å². The van der Waals surface area contributed by atoms with Crippen molar-refractivity contribution in [3.63, 3.8) is 0 Å². The van der Waals surface area contributed by atoms with Gasteiger partial charge in [0.2, 0.25) is 0 Å². The minimum absolute atomic E-state index is 0.00590. The van der Waals surface area contributed by atoms with Crippen LogP contribution in [0.5, 0.6) is 5.75 Å². The lowest BCUT2D eigenvalue weighted by molar-refractivity contribution is -0.274. The van der Waals surface area contributed by atoms with Gasteiger partial charge in [-0.05, 0) is 12.1 Å². The van der Waals surface area contributed by atoms with E-state index in [9.17, 15) is 13.2 Å². The maximum Gasteiger partial charge on any atom is 0.573 e. The van der Waals surface area contributed by atoms with E-state index in [-0.39, 0.29) is 11.1 Å². The second-order valence-electron chi connectivity index (χ2n) is 2.52. The van der Waals surface area contributed by atoms with E-state index < -0.39 is 12.1 Å². The molecular weight excluding hydrogens is 207 g/mol. The number of nitriles is 1. The molecule has 0 amide bonds. The number of benzene rings is 1. The van der Waals surface area contributed by atoms with Crippen LogP contribution < -0.4 is 4.74 Å². The van der Waals surface area contributed by atoms with Crippen LogP contribution in [0.3, 0.4) is 0 Å². The molecule has 0 aliphatic rings. The molecule has 5 heteroatoms. The second-order valence-corrected chi connectivity index (χ2v) is 2.52. The van der Waals surface area contributed by atoms with Crippen LogP contribution in [0.25, 0.3) is 0 Å². The minimum Gasteiger partial charge on any atom is -0.404 e. The Morgan fingerprint density at radius 3 is 2.33 bits per heavy atom. The SMILES string of the molecule is C=[C]c1cccc(C#N)c1OC(F)(F)F. The Balaban J connectivity index is 3.24. The van der Waals surface area contributed by atoms with E-state index in [0.717, 1.165) is 0 Å². The van der Waals surface area contributed by atoms with Gasteiger partial charge in [0.05, 0.1) is 5.56 Å². The molecule has 0 spiro atoms. The smallest absolute Gasteiger partial charge is 0.404 e. The van der Waals surface area contributed by atoms with Gasteiger partial charge in [0.25, 0.3) is 0 Å². The van der Waals surface area contributed by atoms with Crippen molar-refractivity contribution in [1.29, 1.82) is 5.26 Å². The first-order valence-corrected chi connectivity index (χ1v) is 3.80. The largest absolute Gasteiger partial charge is 0.573 e. The molecule has 0 saturated carbocycles. The summed E-state index contributed by atoms with van der Waals surface area (Å²) in [7, 11) is 0. The number of halogens is 3. The van der Waals surface area contributed by atoms with E-state index in [0.29, 0.717) is 0 Å². The quantitative estimate of drug-likeness (QED) is 0.755. The first-order chi connectivity index (χ1) is 6.98. The average molecular weight is 212 g/mol. The summed E-state index contributed by atoms with van der Waals surface area (Å²) in [6.07, 6.45) is -2.57. The predicted octanol–water partition coefficient (Wildman–Crippen LogP) is 2.79. The topological polar surface area (TPSA) is 33.0 Å². The highest BCUT2D eigenvalue weighted by molar-refractivity contribution is 5.50. The van der Waals surface area contributed by atoms with Crippen LogP contribution >= 0.6 is 0 Å². The molecule has 1 radical (unpaired) electrons. The molecule has 0 aliphatic carbocycles. The average Bonchev–Trinajstić information content (AvgIpc) is 2.16. The van der Waals surface area contributed by atoms with Crippen LogP contribution in [-0.4, -0.2) is 6.36 Å². The van der Waals surface area contributed by atoms with Gasteiger partial charge < -0.3 is 4.74 Å². The fourth-order valence-corrected chi connectivity index (χ4v) is 0.990. The molecule has 0 aromatic heterocycles. The summed E-state index contributed by atoms with van der Waals surface area (Å²) in [6, 6.07) is 5.58. The Labute approximate surface area is 84.2 Å². The van der Waals surface area contributed by atoms with Crippen molar-refractivity contribution < 1.29 is 17.9 Å². The van der Waals surface area contributed by atoms with Gasteiger partial charge in [-0.2, -0.15) is 5.26 Å². The Morgan fingerprint density at radius 2 is 1.87 bits per heavy atom. The highest BCUT2D eigenvalue weighted by Crippen LogP contribution is 2.29. The summed E-state index contributed by atoms with van der Waals surface area (Å²) in [5.74, 6) is -0.567. The van der Waals surface area contributed by atoms with Gasteiger partial charge in [0.1, 0.15) is 6.07 Å². The zero-order valence-electron chi connectivity index (χ0n) is 7.43. The van der Waals surface area contributed by atoms with Crippen molar-refractivity contribution in [3.8, 4) is 11.8 Å². The van der Waals surface area contributed by atoms with Crippen LogP contribution in [0.15, 0.2) is 24.8 Å². The van der Waals surface area contributed by atoms with Crippen LogP contribution in [0.4, 0.5) is 13.2 Å². The first-order valence-electron chi connectivity index (χ1n) is 3.80. The molecule has 0 fully saturated rings. The Morgan fingerprint density at radius 1 is 1.27 bits per heavy atom. The highest BCUT2D eigenvalue weighted by atomic mass is 19.4. The minimum atomic E-state index is -4.83. The molecule has 0 bridgehead atoms. The van der Waals surface area contributed by atoms with Crippen LogP contribution in [0.1, 0.15) is 11.1 Å². The van der Waals surface area contributed by atoms with Gasteiger partial charge in [-0.3, -0.25) is 0 Å². The second kappa shape index (κ2) is 4.05. The number of nitrogens with zero attached hydrogens (tertiary/aromatic N) is 1. The number of hydrogen-bond acceptors (Lipinski definition) is 2. The maximum absolute atomic E-state index is 12.0. The first kappa shape index (κ1) is 11.1. The van der Waals surface area contributed by atoms with Crippen LogP contribution in [0.2, 0.25) is 0 Å². The van der Waals surface area contributed by atoms with E-state index >= 15 is 0 Å². The monoisotopic (exact) mass is 212 g/mol. The summed E-state index contributed by atoms with van der Waals surface area (Å²) in [5, 5.41) is 8.59. The number of para-hydroxylation sites is 1. The molecule has 1 aromatic rings. The summed E-state index contributed by atoms with van der Waals surface area (Å²) in [5.41, 5.74) is -0.202. The van der Waals surface area contributed by atoms with E-state index in [1.807, 2.05) is 0 Å². The van der Waals surface area contributed by atoms with Crippen molar-refractivity contribution in [2.45, 2.75) is 6.36 Å². The van der Waals surface area contributed by atoms with E-state index in [2.05, 4.69) is 17.4 Å². The maximum atomic E-state index is 12.0. The van der Waals surface area contributed by atoms with Gasteiger partial charge in [0, 0.05) is 5.56 Å². The summed E-state index contributed by atoms with van der Waals surface area (Å²) in [4.78, 5) is 0. The standard InChI is InChI=1S/C10H5F3NO/c1-2-7-4-3-5-8(6-14)9(7)15-10(11,12)13/h3-5H,1H2. The number of hydrogen-bond donors (Lipinski definition) is 0. The van der Waals surface area contributed by atoms with Gasteiger partial charge in [-0.25, -0.2) is 0 Å². The molecule has 0 saturated heterocycles. The number of rotatable bonds is 2. The zero-order valence-corrected chi connectivity index (χ0v) is 7.43. The summed E-state index contributed by atoms with van der Waals surface area (Å²) in [6.45, 7) is 3.22. The van der Waals surface area contributed by atoms with Crippen LogP contribution in [-0.2, 0) is 0 Å². The fourth-order valence-electron chi connectivity index (χ4n) is 0.990. The Kier molecular flexibility index (Phi) is 3.00. The third-order valence-electron chi connectivity index (χ3n) is 1.54. The molecule has 0 N–H and O–H groups in total. The fraction of sp³-hybridized carbons (Fsp3) is 0.100. The van der Waals surface area contributed by atoms with Crippen molar-refractivity contribution in [2.24, 2.45) is 0 Å². The molecule has 77 valence electrons. The van der Waals surface area contributed by atoms with E-state index in [1.165, 1.54) is 18.2 Å². The molecular formula is C10H5F3NO. The molecule has 1 rings (SSSR count). The summed E-state index contributed by atoms with van der Waals surface area (Å²) < 4.78 is 39.7. The Bertz CT molecular complexity index is 418.